The monoisotopic (exact) mass is 383 g/mol. The number of piperidine rings is 1. The summed E-state index contributed by atoms with van der Waals surface area (Å²) < 4.78 is 0. The normalized spacial score (nSPS) is 17.9. The third-order valence-corrected chi connectivity index (χ3v) is 6.23. The summed E-state index contributed by atoms with van der Waals surface area (Å²) in [4.78, 5) is 31.8. The molecular weight excluding hydrogens is 358 g/mol. The smallest absolute Gasteiger partial charge is 0.252 e. The number of fused-ring (bicyclic) bond motifs is 1. The van der Waals surface area contributed by atoms with E-state index in [1.165, 1.54) is 11.8 Å². The van der Waals surface area contributed by atoms with E-state index in [0.29, 0.717) is 23.3 Å². The average Bonchev–Trinajstić information content (AvgIpc) is 3.50. The molecule has 2 fully saturated rings. The Balaban J connectivity index is 1.49. The Bertz CT molecular complexity index is 858. The molecule has 1 saturated heterocycles. The first kappa shape index (κ1) is 18.3. The molecule has 2 amide bonds. The van der Waals surface area contributed by atoms with Crippen LogP contribution in [0.1, 0.15) is 43.0 Å². The largest absolute Gasteiger partial charge is 0.349 e. The minimum atomic E-state index is -0.0469. The van der Waals surface area contributed by atoms with Crippen molar-refractivity contribution in [3.8, 4) is 0 Å². The summed E-state index contributed by atoms with van der Waals surface area (Å²) in [6, 6.07) is 9.83. The Morgan fingerprint density at radius 1 is 1.19 bits per heavy atom. The van der Waals surface area contributed by atoms with Crippen LogP contribution in [0.15, 0.2) is 35.4 Å². The van der Waals surface area contributed by atoms with Gasteiger partial charge in [-0.15, -0.1) is 0 Å². The molecule has 6 heteroatoms. The summed E-state index contributed by atoms with van der Waals surface area (Å²) in [5.74, 6) is 1.18. The van der Waals surface area contributed by atoms with Gasteiger partial charge in [0.25, 0.3) is 5.91 Å². The maximum Gasteiger partial charge on any atom is 0.252 e. The van der Waals surface area contributed by atoms with Gasteiger partial charge in [0.05, 0.1) is 21.9 Å². The third-order valence-electron chi connectivity index (χ3n) is 5.33. The first-order chi connectivity index (χ1) is 13.1. The molecule has 1 aliphatic heterocycles. The number of hydrogen-bond donors (Lipinski definition) is 1. The minimum Gasteiger partial charge on any atom is -0.349 e. The van der Waals surface area contributed by atoms with Crippen molar-refractivity contribution in [2.75, 3.05) is 18.8 Å². The zero-order chi connectivity index (χ0) is 18.8. The van der Waals surface area contributed by atoms with E-state index >= 15 is 0 Å². The van der Waals surface area contributed by atoms with Crippen molar-refractivity contribution >= 4 is 34.5 Å². The molecule has 0 atom stereocenters. The molecule has 1 aromatic carbocycles. The van der Waals surface area contributed by atoms with E-state index < -0.39 is 0 Å². The van der Waals surface area contributed by atoms with Crippen LogP contribution in [-0.2, 0) is 4.79 Å². The van der Waals surface area contributed by atoms with Crippen LogP contribution >= 0.6 is 11.8 Å². The van der Waals surface area contributed by atoms with Crippen LogP contribution in [0.4, 0.5) is 0 Å². The van der Waals surface area contributed by atoms with Gasteiger partial charge in [-0.1, -0.05) is 36.9 Å². The SMILES string of the molecule is CC1CCN(C(=O)CSc2cc(C(=O)NC3CC3)c3ccccc3n2)CC1. The van der Waals surface area contributed by atoms with Crippen LogP contribution in [0.5, 0.6) is 0 Å². The summed E-state index contributed by atoms with van der Waals surface area (Å²) in [5.41, 5.74) is 1.44. The van der Waals surface area contributed by atoms with Crippen molar-refractivity contribution in [1.29, 1.82) is 0 Å². The molecule has 4 rings (SSSR count). The number of likely N-dealkylation sites (tertiary alicyclic amines) is 1. The lowest BCUT2D eigenvalue weighted by Gasteiger charge is -2.30. The van der Waals surface area contributed by atoms with E-state index in [1.54, 1.807) is 0 Å². The van der Waals surface area contributed by atoms with Gasteiger partial charge in [-0.25, -0.2) is 4.98 Å². The standard InChI is InChI=1S/C21H25N3O2S/c1-14-8-10-24(11-9-14)20(25)13-27-19-12-17(21(26)22-15-6-7-15)16-4-2-3-5-18(16)23-19/h2-5,12,14-15H,6-11,13H2,1H3,(H,22,26). The number of rotatable bonds is 5. The molecule has 1 aromatic heterocycles. The molecule has 0 radical (unpaired) electrons. The van der Waals surface area contributed by atoms with Crippen molar-refractivity contribution in [2.45, 2.75) is 43.7 Å². The van der Waals surface area contributed by atoms with Gasteiger partial charge in [-0.2, -0.15) is 0 Å². The van der Waals surface area contributed by atoms with Crippen LogP contribution in [-0.4, -0.2) is 46.6 Å². The quantitative estimate of drug-likeness (QED) is 0.803. The highest BCUT2D eigenvalue weighted by molar-refractivity contribution is 7.99. The van der Waals surface area contributed by atoms with Gasteiger partial charge in [0.15, 0.2) is 0 Å². The second kappa shape index (κ2) is 7.89. The molecule has 2 aromatic rings. The Labute approximate surface area is 163 Å². The van der Waals surface area contributed by atoms with Crippen molar-refractivity contribution in [1.82, 2.24) is 15.2 Å². The lowest BCUT2D eigenvalue weighted by Crippen LogP contribution is -2.38. The van der Waals surface area contributed by atoms with Crippen LogP contribution < -0.4 is 5.32 Å². The average molecular weight is 384 g/mol. The first-order valence-corrected chi connectivity index (χ1v) is 10.7. The van der Waals surface area contributed by atoms with Crippen molar-refractivity contribution in [3.63, 3.8) is 0 Å². The second-order valence-electron chi connectivity index (χ2n) is 7.62. The zero-order valence-electron chi connectivity index (χ0n) is 15.6. The number of benzene rings is 1. The van der Waals surface area contributed by atoms with Crippen LogP contribution in [0.3, 0.4) is 0 Å². The van der Waals surface area contributed by atoms with Gasteiger partial charge in [0.1, 0.15) is 0 Å². The molecule has 2 heterocycles. The number of nitrogens with one attached hydrogen (secondary N) is 1. The van der Waals surface area contributed by atoms with E-state index in [2.05, 4.69) is 17.2 Å². The Morgan fingerprint density at radius 2 is 1.93 bits per heavy atom. The van der Waals surface area contributed by atoms with Crippen molar-refractivity contribution in [3.05, 3.63) is 35.9 Å². The number of para-hydroxylation sites is 1. The minimum absolute atomic E-state index is 0.0469. The highest BCUT2D eigenvalue weighted by Gasteiger charge is 2.25. The predicted molar refractivity (Wildman–Crippen MR) is 108 cm³/mol. The fraction of sp³-hybridized carbons (Fsp3) is 0.476. The lowest BCUT2D eigenvalue weighted by atomic mass is 9.99. The van der Waals surface area contributed by atoms with Gasteiger partial charge in [0.2, 0.25) is 5.91 Å². The summed E-state index contributed by atoms with van der Waals surface area (Å²) in [5, 5.41) is 4.65. The molecular formula is C21H25N3O2S. The molecule has 1 saturated carbocycles. The van der Waals surface area contributed by atoms with Crippen molar-refractivity contribution < 1.29 is 9.59 Å². The van der Waals surface area contributed by atoms with Gasteiger partial charge < -0.3 is 10.2 Å². The highest BCUT2D eigenvalue weighted by Crippen LogP contribution is 2.26. The van der Waals surface area contributed by atoms with Crippen LogP contribution in [0.25, 0.3) is 10.9 Å². The van der Waals surface area contributed by atoms with Crippen LogP contribution in [0.2, 0.25) is 0 Å². The summed E-state index contributed by atoms with van der Waals surface area (Å²) in [7, 11) is 0. The number of nitrogens with zero attached hydrogens (tertiary/aromatic N) is 2. The third kappa shape index (κ3) is 4.43. The first-order valence-electron chi connectivity index (χ1n) is 9.71. The van der Waals surface area contributed by atoms with E-state index in [9.17, 15) is 9.59 Å². The Kier molecular flexibility index (Phi) is 5.34. The fourth-order valence-electron chi connectivity index (χ4n) is 3.39. The number of pyridine rings is 1. The van der Waals surface area contributed by atoms with Crippen LogP contribution in [0, 0.1) is 5.92 Å². The number of hydrogen-bond acceptors (Lipinski definition) is 4. The molecule has 5 nitrogen and oxygen atoms in total. The molecule has 1 N–H and O–H groups in total. The Hall–Kier alpha value is -2.08. The number of thioether (sulfide) groups is 1. The summed E-state index contributed by atoms with van der Waals surface area (Å²) in [6.07, 6.45) is 4.27. The number of amides is 2. The topological polar surface area (TPSA) is 62.3 Å². The van der Waals surface area contributed by atoms with Crippen molar-refractivity contribution in [2.24, 2.45) is 5.92 Å². The Morgan fingerprint density at radius 3 is 2.67 bits per heavy atom. The number of carbonyl (C=O) groups is 2. The summed E-state index contributed by atoms with van der Waals surface area (Å²) in [6.45, 7) is 3.94. The van der Waals surface area contributed by atoms with E-state index in [4.69, 9.17) is 0 Å². The lowest BCUT2D eigenvalue weighted by molar-refractivity contribution is -0.129. The molecule has 27 heavy (non-hydrogen) atoms. The van der Waals surface area contributed by atoms with Gasteiger partial charge >= 0.3 is 0 Å². The van der Waals surface area contributed by atoms with E-state index in [0.717, 1.165) is 54.7 Å². The molecule has 1 aliphatic carbocycles. The number of aromatic nitrogens is 1. The highest BCUT2D eigenvalue weighted by atomic mass is 32.2. The molecule has 0 bridgehead atoms. The van der Waals surface area contributed by atoms with E-state index in [1.807, 2.05) is 35.2 Å². The maximum absolute atomic E-state index is 12.7. The molecule has 0 spiro atoms. The van der Waals surface area contributed by atoms with Gasteiger partial charge in [0, 0.05) is 24.5 Å². The zero-order valence-corrected chi connectivity index (χ0v) is 16.4. The molecule has 2 aliphatic rings. The number of carbonyl (C=O) groups excluding carboxylic acids is 2. The maximum atomic E-state index is 12.7. The molecule has 142 valence electrons. The predicted octanol–water partition coefficient (Wildman–Crippen LogP) is 3.48. The summed E-state index contributed by atoms with van der Waals surface area (Å²) >= 11 is 1.42. The van der Waals surface area contributed by atoms with Gasteiger partial charge in [-0.3, -0.25) is 9.59 Å². The fourth-order valence-corrected chi connectivity index (χ4v) is 4.21. The second-order valence-corrected chi connectivity index (χ2v) is 8.62. The van der Waals surface area contributed by atoms with Gasteiger partial charge in [-0.05, 0) is 43.7 Å². The van der Waals surface area contributed by atoms with E-state index in [-0.39, 0.29) is 11.8 Å². The molecule has 0 unspecified atom stereocenters.